The molecule has 0 bridgehead atoms. The van der Waals surface area contributed by atoms with Crippen molar-refractivity contribution in [2.45, 2.75) is 6.04 Å². The average Bonchev–Trinajstić information content (AvgIpc) is 2.52. The largest absolute Gasteiger partial charge is 0.497 e. The highest BCUT2D eigenvalue weighted by Crippen LogP contribution is 2.42. The number of ether oxygens (including phenoxy) is 1. The van der Waals surface area contributed by atoms with Gasteiger partial charge in [-0.1, -0.05) is 36.9 Å². The fourth-order valence-electron chi connectivity index (χ4n) is 2.47. The molecule has 1 unspecified atom stereocenters. The Morgan fingerprint density at radius 2 is 1.70 bits per heavy atom. The van der Waals surface area contributed by atoms with Gasteiger partial charge in [0, 0.05) is 11.3 Å². The van der Waals surface area contributed by atoms with Crippen LogP contribution in [0, 0.1) is 0 Å². The number of β-lactam (4-membered cyclic amide) rings is 1. The molecule has 1 heterocycles. The SMILES string of the molecule is C=C1C(=O)N(c2ccccc2)C1c1ccc(OC)cc1. The maximum atomic E-state index is 12.1. The van der Waals surface area contributed by atoms with Crippen LogP contribution < -0.4 is 9.64 Å². The molecule has 0 N–H and O–H groups in total. The highest BCUT2D eigenvalue weighted by atomic mass is 16.5. The lowest BCUT2D eigenvalue weighted by Gasteiger charge is -2.42. The number of hydrogen-bond acceptors (Lipinski definition) is 2. The number of rotatable bonds is 3. The molecular formula is C17H15NO2. The third-order valence-corrected chi connectivity index (χ3v) is 3.55. The number of carbonyl (C=O) groups excluding carboxylic acids is 1. The number of hydrogen-bond donors (Lipinski definition) is 0. The Labute approximate surface area is 118 Å². The van der Waals surface area contributed by atoms with Crippen molar-refractivity contribution >= 4 is 11.6 Å². The molecule has 3 nitrogen and oxygen atoms in total. The molecule has 3 heteroatoms. The van der Waals surface area contributed by atoms with Crippen LogP contribution >= 0.6 is 0 Å². The van der Waals surface area contributed by atoms with Crippen molar-refractivity contribution in [1.82, 2.24) is 0 Å². The molecule has 0 spiro atoms. The molecule has 1 aliphatic rings. The Balaban J connectivity index is 1.94. The quantitative estimate of drug-likeness (QED) is 0.629. The van der Waals surface area contributed by atoms with Gasteiger partial charge in [0.2, 0.25) is 0 Å². The van der Waals surface area contributed by atoms with E-state index in [0.29, 0.717) is 5.57 Å². The highest BCUT2D eigenvalue weighted by Gasteiger charge is 2.42. The molecule has 0 radical (unpaired) electrons. The highest BCUT2D eigenvalue weighted by molar-refractivity contribution is 6.14. The first kappa shape index (κ1) is 12.5. The zero-order valence-corrected chi connectivity index (χ0v) is 11.2. The van der Waals surface area contributed by atoms with Gasteiger partial charge in [0.25, 0.3) is 5.91 Å². The number of methoxy groups -OCH3 is 1. The van der Waals surface area contributed by atoms with Crippen LogP contribution in [0.1, 0.15) is 11.6 Å². The van der Waals surface area contributed by atoms with E-state index in [2.05, 4.69) is 6.58 Å². The Bertz CT molecular complexity index is 646. The molecule has 0 saturated carbocycles. The Hall–Kier alpha value is -2.55. The first-order chi connectivity index (χ1) is 9.72. The summed E-state index contributed by atoms with van der Waals surface area (Å²) in [5.41, 5.74) is 2.56. The molecule has 20 heavy (non-hydrogen) atoms. The normalized spacial score (nSPS) is 17.9. The van der Waals surface area contributed by atoms with Gasteiger partial charge in [-0.3, -0.25) is 9.69 Å². The van der Waals surface area contributed by atoms with Crippen molar-refractivity contribution in [3.8, 4) is 5.75 Å². The Kier molecular flexibility index (Phi) is 3.03. The van der Waals surface area contributed by atoms with Crippen LogP contribution in [-0.4, -0.2) is 13.0 Å². The second-order valence-electron chi connectivity index (χ2n) is 4.71. The summed E-state index contributed by atoms with van der Waals surface area (Å²) >= 11 is 0. The van der Waals surface area contributed by atoms with Gasteiger partial charge in [0.1, 0.15) is 5.75 Å². The fraction of sp³-hybridized carbons (Fsp3) is 0.118. The smallest absolute Gasteiger partial charge is 0.256 e. The van der Waals surface area contributed by atoms with Crippen LogP contribution in [-0.2, 0) is 4.79 Å². The van der Waals surface area contributed by atoms with Crippen LogP contribution in [0.2, 0.25) is 0 Å². The van der Waals surface area contributed by atoms with Crippen LogP contribution in [0.5, 0.6) is 5.75 Å². The van der Waals surface area contributed by atoms with Crippen molar-refractivity contribution in [3.05, 3.63) is 72.3 Å². The summed E-state index contributed by atoms with van der Waals surface area (Å²) in [6.07, 6.45) is 0. The second-order valence-corrected chi connectivity index (χ2v) is 4.71. The summed E-state index contributed by atoms with van der Waals surface area (Å²) in [6, 6.07) is 17.3. The minimum Gasteiger partial charge on any atom is -0.497 e. The lowest BCUT2D eigenvalue weighted by atomic mass is 9.88. The van der Waals surface area contributed by atoms with Gasteiger partial charge in [-0.15, -0.1) is 0 Å². The number of anilines is 1. The topological polar surface area (TPSA) is 29.5 Å². The second kappa shape index (κ2) is 4.85. The molecule has 1 atom stereocenters. The predicted octanol–water partition coefficient (Wildman–Crippen LogP) is 3.34. The van der Waals surface area contributed by atoms with Crippen molar-refractivity contribution in [3.63, 3.8) is 0 Å². The fourth-order valence-corrected chi connectivity index (χ4v) is 2.47. The van der Waals surface area contributed by atoms with Crippen molar-refractivity contribution < 1.29 is 9.53 Å². The van der Waals surface area contributed by atoms with Crippen molar-refractivity contribution in [2.24, 2.45) is 0 Å². The Morgan fingerprint density at radius 3 is 2.30 bits per heavy atom. The van der Waals surface area contributed by atoms with Crippen molar-refractivity contribution in [1.29, 1.82) is 0 Å². The summed E-state index contributed by atoms with van der Waals surface area (Å²) in [6.45, 7) is 3.90. The molecule has 2 aromatic rings. The van der Waals surface area contributed by atoms with E-state index in [0.717, 1.165) is 17.0 Å². The van der Waals surface area contributed by atoms with Crippen LogP contribution in [0.4, 0.5) is 5.69 Å². The molecule has 1 saturated heterocycles. The third kappa shape index (κ3) is 1.88. The van der Waals surface area contributed by atoms with Crippen LogP contribution in [0.15, 0.2) is 66.7 Å². The van der Waals surface area contributed by atoms with E-state index in [9.17, 15) is 4.79 Å². The lowest BCUT2D eigenvalue weighted by Crippen LogP contribution is -2.48. The van der Waals surface area contributed by atoms with Crippen LogP contribution in [0.3, 0.4) is 0 Å². The maximum Gasteiger partial charge on any atom is 0.256 e. The van der Waals surface area contributed by atoms with Gasteiger partial charge >= 0.3 is 0 Å². The van der Waals surface area contributed by atoms with E-state index < -0.39 is 0 Å². The molecule has 0 aliphatic carbocycles. The van der Waals surface area contributed by atoms with Crippen molar-refractivity contribution in [2.75, 3.05) is 12.0 Å². The average molecular weight is 265 g/mol. The number of carbonyl (C=O) groups is 1. The molecule has 1 fully saturated rings. The first-order valence-corrected chi connectivity index (χ1v) is 6.43. The minimum atomic E-state index is -0.0872. The number of nitrogens with zero attached hydrogens (tertiary/aromatic N) is 1. The van der Waals surface area contributed by atoms with Gasteiger partial charge in [-0.05, 0) is 29.8 Å². The van der Waals surface area contributed by atoms with Gasteiger partial charge in [-0.25, -0.2) is 0 Å². The van der Waals surface area contributed by atoms with Gasteiger partial charge in [-0.2, -0.15) is 0 Å². The lowest BCUT2D eigenvalue weighted by molar-refractivity contribution is -0.118. The molecule has 0 aromatic heterocycles. The number of benzene rings is 2. The van der Waals surface area contributed by atoms with Gasteiger partial charge in [0.15, 0.2) is 0 Å². The predicted molar refractivity (Wildman–Crippen MR) is 78.8 cm³/mol. The zero-order valence-electron chi connectivity index (χ0n) is 11.2. The van der Waals surface area contributed by atoms with E-state index in [1.54, 1.807) is 12.0 Å². The van der Waals surface area contributed by atoms with E-state index in [-0.39, 0.29) is 11.9 Å². The monoisotopic (exact) mass is 265 g/mol. The maximum absolute atomic E-state index is 12.1. The molecule has 1 aliphatic heterocycles. The zero-order chi connectivity index (χ0) is 14.1. The molecule has 3 rings (SSSR count). The van der Waals surface area contributed by atoms with E-state index in [1.807, 2.05) is 54.6 Å². The molecule has 1 amide bonds. The third-order valence-electron chi connectivity index (χ3n) is 3.55. The summed E-state index contributed by atoms with van der Waals surface area (Å²) in [4.78, 5) is 13.8. The Morgan fingerprint density at radius 1 is 1.05 bits per heavy atom. The van der Waals surface area contributed by atoms with E-state index in [1.165, 1.54) is 0 Å². The van der Waals surface area contributed by atoms with E-state index >= 15 is 0 Å². The summed E-state index contributed by atoms with van der Waals surface area (Å²) in [7, 11) is 1.64. The summed E-state index contributed by atoms with van der Waals surface area (Å²) < 4.78 is 5.16. The molecule has 2 aromatic carbocycles. The minimum absolute atomic E-state index is 0.0166. The van der Waals surface area contributed by atoms with Gasteiger partial charge < -0.3 is 4.74 Å². The summed E-state index contributed by atoms with van der Waals surface area (Å²) in [5.74, 6) is 0.785. The number of amides is 1. The van der Waals surface area contributed by atoms with Gasteiger partial charge in [0.05, 0.1) is 13.2 Å². The molecule has 100 valence electrons. The summed E-state index contributed by atoms with van der Waals surface area (Å²) in [5, 5.41) is 0. The van der Waals surface area contributed by atoms with Crippen LogP contribution in [0.25, 0.3) is 0 Å². The molecular weight excluding hydrogens is 250 g/mol. The first-order valence-electron chi connectivity index (χ1n) is 6.43. The number of para-hydroxylation sites is 1. The standard InChI is InChI=1S/C17H15NO2/c1-12-16(13-8-10-15(20-2)11-9-13)18(17(12)19)14-6-4-3-5-7-14/h3-11,16H,1H2,2H3. The van der Waals surface area contributed by atoms with E-state index in [4.69, 9.17) is 4.74 Å².